The van der Waals surface area contributed by atoms with Gasteiger partial charge in [-0.1, -0.05) is 18.2 Å². The fourth-order valence-corrected chi connectivity index (χ4v) is 2.80. The zero-order chi connectivity index (χ0) is 16.6. The highest BCUT2D eigenvalue weighted by Crippen LogP contribution is 2.44. The lowest BCUT2D eigenvalue weighted by molar-refractivity contribution is -0.108. The number of aliphatic hydroxyl groups excluding tert-OH is 1. The van der Waals surface area contributed by atoms with E-state index < -0.39 is 23.7 Å². The minimum Gasteiger partial charge on any atom is -0.458 e. The number of carbonyl (C=O) groups excluding carboxylic acids is 1. The van der Waals surface area contributed by atoms with Crippen LogP contribution in [0.5, 0.6) is 5.75 Å². The largest absolute Gasteiger partial charge is 0.458 e. The van der Waals surface area contributed by atoms with E-state index in [1.54, 1.807) is 6.07 Å². The second-order valence-corrected chi connectivity index (χ2v) is 5.33. The first kappa shape index (κ1) is 15.4. The Morgan fingerprint density at radius 3 is 2.61 bits per heavy atom. The third-order valence-electron chi connectivity index (χ3n) is 3.77. The van der Waals surface area contributed by atoms with Crippen molar-refractivity contribution in [2.24, 2.45) is 0 Å². The van der Waals surface area contributed by atoms with Crippen molar-refractivity contribution in [3.8, 4) is 5.75 Å². The SMILES string of the molecule is CC(O)C1=C(c2cccc(F)c2)C(C=O)c2c(F)cccc2O1. The van der Waals surface area contributed by atoms with Gasteiger partial charge in [0.2, 0.25) is 0 Å². The van der Waals surface area contributed by atoms with Crippen molar-refractivity contribution in [2.45, 2.75) is 18.9 Å². The van der Waals surface area contributed by atoms with E-state index in [4.69, 9.17) is 4.74 Å². The molecule has 0 saturated heterocycles. The maximum absolute atomic E-state index is 14.2. The summed E-state index contributed by atoms with van der Waals surface area (Å²) in [5, 5.41) is 10.0. The topological polar surface area (TPSA) is 46.5 Å². The van der Waals surface area contributed by atoms with E-state index in [2.05, 4.69) is 0 Å². The normalized spacial score (nSPS) is 18.2. The van der Waals surface area contributed by atoms with Crippen LogP contribution in [0.3, 0.4) is 0 Å². The predicted molar refractivity (Wildman–Crippen MR) is 80.8 cm³/mol. The standard InChI is InChI=1S/C18H14F2O3/c1-10(22)18-16(11-4-2-5-12(19)8-11)13(9-21)17-14(20)6-3-7-15(17)23-18/h2-10,13,22H,1H3. The van der Waals surface area contributed by atoms with Crippen molar-refractivity contribution in [1.82, 2.24) is 0 Å². The highest BCUT2D eigenvalue weighted by molar-refractivity contribution is 5.90. The van der Waals surface area contributed by atoms with Crippen LogP contribution >= 0.6 is 0 Å². The second-order valence-electron chi connectivity index (χ2n) is 5.33. The van der Waals surface area contributed by atoms with Crippen LogP contribution in [0.25, 0.3) is 5.57 Å². The Kier molecular flexibility index (Phi) is 3.96. The molecule has 118 valence electrons. The lowest BCUT2D eigenvalue weighted by Gasteiger charge is -2.29. The van der Waals surface area contributed by atoms with Crippen LogP contribution in [0.15, 0.2) is 48.2 Å². The molecule has 1 aliphatic heterocycles. The maximum atomic E-state index is 14.2. The molecule has 3 rings (SSSR count). The van der Waals surface area contributed by atoms with Crippen molar-refractivity contribution in [3.63, 3.8) is 0 Å². The molecule has 2 aromatic rings. The van der Waals surface area contributed by atoms with Gasteiger partial charge < -0.3 is 14.6 Å². The number of hydrogen-bond acceptors (Lipinski definition) is 3. The maximum Gasteiger partial charge on any atom is 0.137 e. The first-order valence-electron chi connectivity index (χ1n) is 7.12. The molecule has 1 N–H and O–H groups in total. The molecule has 2 atom stereocenters. The van der Waals surface area contributed by atoms with Crippen molar-refractivity contribution in [3.05, 3.63) is 71.0 Å². The number of aliphatic hydroxyl groups is 1. The molecule has 0 saturated carbocycles. The summed E-state index contributed by atoms with van der Waals surface area (Å²) >= 11 is 0. The minimum absolute atomic E-state index is 0.0890. The summed E-state index contributed by atoms with van der Waals surface area (Å²) in [5.74, 6) is -1.77. The van der Waals surface area contributed by atoms with Gasteiger partial charge in [0, 0.05) is 11.1 Å². The molecule has 5 heteroatoms. The number of aldehydes is 1. The lowest BCUT2D eigenvalue weighted by Crippen LogP contribution is -2.23. The first-order valence-corrected chi connectivity index (χ1v) is 7.12. The Labute approximate surface area is 131 Å². The molecule has 2 unspecified atom stereocenters. The van der Waals surface area contributed by atoms with Crippen LogP contribution in [-0.4, -0.2) is 17.5 Å². The number of allylic oxidation sites excluding steroid dienone is 1. The van der Waals surface area contributed by atoms with Crippen LogP contribution in [-0.2, 0) is 4.79 Å². The third kappa shape index (κ3) is 2.64. The Balaban J connectivity index is 2.27. The van der Waals surface area contributed by atoms with Gasteiger partial charge in [0.1, 0.15) is 35.5 Å². The van der Waals surface area contributed by atoms with Gasteiger partial charge in [0.05, 0.1) is 5.92 Å². The number of ether oxygens (including phenoxy) is 1. The van der Waals surface area contributed by atoms with E-state index in [0.717, 1.165) is 0 Å². The average Bonchev–Trinajstić information content (AvgIpc) is 2.53. The molecule has 0 bridgehead atoms. The Bertz CT molecular complexity index is 797. The smallest absolute Gasteiger partial charge is 0.137 e. The number of halogens is 2. The Morgan fingerprint density at radius 1 is 1.22 bits per heavy atom. The molecule has 0 fully saturated rings. The fourth-order valence-electron chi connectivity index (χ4n) is 2.80. The second kappa shape index (κ2) is 5.93. The van der Waals surface area contributed by atoms with Crippen molar-refractivity contribution in [1.29, 1.82) is 0 Å². The first-order chi connectivity index (χ1) is 11.0. The molecule has 3 nitrogen and oxygen atoms in total. The van der Waals surface area contributed by atoms with Gasteiger partial charge in [-0.3, -0.25) is 0 Å². The predicted octanol–water partition coefficient (Wildman–Crippen LogP) is 3.43. The van der Waals surface area contributed by atoms with Gasteiger partial charge in [0.25, 0.3) is 0 Å². The summed E-state index contributed by atoms with van der Waals surface area (Å²) in [6, 6.07) is 9.78. The van der Waals surface area contributed by atoms with E-state index in [1.165, 1.54) is 43.3 Å². The van der Waals surface area contributed by atoms with Crippen LogP contribution in [0.1, 0.15) is 24.0 Å². The Morgan fingerprint density at radius 2 is 1.96 bits per heavy atom. The Hall–Kier alpha value is -2.53. The highest BCUT2D eigenvalue weighted by atomic mass is 19.1. The number of carbonyl (C=O) groups is 1. The van der Waals surface area contributed by atoms with Gasteiger partial charge in [-0.2, -0.15) is 0 Å². The van der Waals surface area contributed by atoms with Crippen LogP contribution < -0.4 is 4.74 Å². The molecular formula is C18H14F2O3. The fraction of sp³-hybridized carbons (Fsp3) is 0.167. The summed E-state index contributed by atoms with van der Waals surface area (Å²) in [4.78, 5) is 11.7. The van der Waals surface area contributed by atoms with E-state index in [1.807, 2.05) is 0 Å². The van der Waals surface area contributed by atoms with Gasteiger partial charge in [-0.25, -0.2) is 8.78 Å². The molecule has 0 spiro atoms. The third-order valence-corrected chi connectivity index (χ3v) is 3.77. The zero-order valence-electron chi connectivity index (χ0n) is 12.3. The van der Waals surface area contributed by atoms with Crippen molar-refractivity contribution < 1.29 is 23.4 Å². The number of fused-ring (bicyclic) bond motifs is 1. The lowest BCUT2D eigenvalue weighted by atomic mass is 9.83. The molecule has 1 aliphatic rings. The van der Waals surface area contributed by atoms with E-state index >= 15 is 0 Å². The molecule has 0 aromatic heterocycles. The van der Waals surface area contributed by atoms with Crippen molar-refractivity contribution >= 4 is 11.9 Å². The molecule has 23 heavy (non-hydrogen) atoms. The van der Waals surface area contributed by atoms with E-state index in [-0.39, 0.29) is 22.6 Å². The molecule has 1 heterocycles. The van der Waals surface area contributed by atoms with Gasteiger partial charge in [0.15, 0.2) is 0 Å². The average molecular weight is 316 g/mol. The van der Waals surface area contributed by atoms with Crippen LogP contribution in [0.2, 0.25) is 0 Å². The van der Waals surface area contributed by atoms with Gasteiger partial charge >= 0.3 is 0 Å². The van der Waals surface area contributed by atoms with Crippen LogP contribution in [0, 0.1) is 11.6 Å². The van der Waals surface area contributed by atoms with Crippen LogP contribution in [0.4, 0.5) is 8.78 Å². The summed E-state index contributed by atoms with van der Waals surface area (Å²) in [5.41, 5.74) is 0.727. The summed E-state index contributed by atoms with van der Waals surface area (Å²) in [6.07, 6.45) is -0.459. The summed E-state index contributed by atoms with van der Waals surface area (Å²) in [6.45, 7) is 1.47. The molecular weight excluding hydrogens is 302 g/mol. The number of rotatable bonds is 3. The summed E-state index contributed by atoms with van der Waals surface area (Å²) < 4.78 is 33.4. The van der Waals surface area contributed by atoms with Gasteiger partial charge in [-0.05, 0) is 36.8 Å². The molecule has 0 aliphatic carbocycles. The number of benzene rings is 2. The highest BCUT2D eigenvalue weighted by Gasteiger charge is 2.34. The molecule has 2 aromatic carbocycles. The monoisotopic (exact) mass is 316 g/mol. The van der Waals surface area contributed by atoms with E-state index in [0.29, 0.717) is 11.8 Å². The molecule has 0 amide bonds. The molecule has 0 radical (unpaired) electrons. The quantitative estimate of drug-likeness (QED) is 0.883. The number of hydrogen-bond donors (Lipinski definition) is 1. The summed E-state index contributed by atoms with van der Waals surface area (Å²) in [7, 11) is 0. The van der Waals surface area contributed by atoms with Gasteiger partial charge in [-0.15, -0.1) is 0 Å². The minimum atomic E-state index is -1.04. The zero-order valence-corrected chi connectivity index (χ0v) is 12.3. The van der Waals surface area contributed by atoms with E-state index in [9.17, 15) is 18.7 Å². The van der Waals surface area contributed by atoms with Crippen molar-refractivity contribution in [2.75, 3.05) is 0 Å².